The molecule has 1 N–H and O–H groups in total. The molecule has 0 aliphatic heterocycles. The molecule has 0 aliphatic carbocycles. The summed E-state index contributed by atoms with van der Waals surface area (Å²) in [5.41, 5.74) is 0. The maximum atomic E-state index is 12.5. The van der Waals surface area contributed by atoms with Gasteiger partial charge in [0.15, 0.2) is 11.6 Å². The van der Waals surface area contributed by atoms with Crippen LogP contribution in [0.15, 0.2) is 36.9 Å². The molecule has 0 saturated carbocycles. The van der Waals surface area contributed by atoms with E-state index in [4.69, 9.17) is 16.9 Å². The summed E-state index contributed by atoms with van der Waals surface area (Å²) in [5, 5.41) is 20.2. The average Bonchev–Trinajstić information content (AvgIpc) is 3.25. The third-order valence-corrected chi connectivity index (χ3v) is 3.71. The van der Waals surface area contributed by atoms with Gasteiger partial charge < -0.3 is 5.32 Å². The van der Waals surface area contributed by atoms with Crippen LogP contribution in [0.2, 0.25) is 5.02 Å². The number of anilines is 1. The third kappa shape index (κ3) is 3.49. The van der Waals surface area contributed by atoms with Gasteiger partial charge in [0, 0.05) is 18.5 Å². The maximum absolute atomic E-state index is 12.5. The summed E-state index contributed by atoms with van der Waals surface area (Å²) in [6.07, 6.45) is 5.09. The number of halogens is 1. The smallest absolute Gasteiger partial charge is 0.252 e. The Labute approximate surface area is 147 Å². The number of carbonyl (C=O) groups excluding carboxylic acids is 1. The predicted octanol–water partition coefficient (Wildman–Crippen LogP) is 1.97. The lowest BCUT2D eigenvalue weighted by Crippen LogP contribution is -2.26. The Morgan fingerprint density at radius 1 is 1.40 bits per heavy atom. The molecule has 3 heterocycles. The molecule has 0 aromatic carbocycles. The molecule has 1 unspecified atom stereocenters. The number of hydrogen-bond donors (Lipinski definition) is 1. The molecule has 0 spiro atoms. The van der Waals surface area contributed by atoms with E-state index in [2.05, 4.69) is 25.5 Å². The van der Waals surface area contributed by atoms with Crippen molar-refractivity contribution >= 4 is 23.3 Å². The quantitative estimate of drug-likeness (QED) is 0.747. The van der Waals surface area contributed by atoms with Crippen molar-refractivity contribution in [2.75, 3.05) is 5.32 Å². The van der Waals surface area contributed by atoms with Crippen molar-refractivity contribution < 1.29 is 4.79 Å². The van der Waals surface area contributed by atoms with Gasteiger partial charge >= 0.3 is 0 Å². The first kappa shape index (κ1) is 16.6. The van der Waals surface area contributed by atoms with Crippen molar-refractivity contribution in [3.8, 4) is 11.9 Å². The Morgan fingerprint density at radius 2 is 2.24 bits per heavy atom. The van der Waals surface area contributed by atoms with Crippen molar-refractivity contribution in [3.63, 3.8) is 0 Å². The number of amides is 1. The SMILES string of the molecule is CCC(C(=O)Nc1ccn(-c2ncccc2Cl)n1)n1cnc(C#N)n1. The lowest BCUT2D eigenvalue weighted by molar-refractivity contribution is -0.119. The Hall–Kier alpha value is -3.25. The Kier molecular flexibility index (Phi) is 4.72. The Balaban J connectivity index is 1.77. The number of hydrogen-bond acceptors (Lipinski definition) is 6. The highest BCUT2D eigenvalue weighted by atomic mass is 35.5. The maximum Gasteiger partial charge on any atom is 0.252 e. The second kappa shape index (κ2) is 7.11. The minimum atomic E-state index is -0.599. The predicted molar refractivity (Wildman–Crippen MR) is 89.1 cm³/mol. The summed E-state index contributed by atoms with van der Waals surface area (Å²) in [4.78, 5) is 20.5. The van der Waals surface area contributed by atoms with Gasteiger partial charge in [-0.05, 0) is 18.6 Å². The molecule has 0 aliphatic rings. The van der Waals surface area contributed by atoms with E-state index in [9.17, 15) is 4.79 Å². The topological polar surface area (TPSA) is 114 Å². The van der Waals surface area contributed by atoms with Gasteiger partial charge in [0.05, 0.1) is 5.02 Å². The first-order chi connectivity index (χ1) is 12.1. The number of carbonyl (C=O) groups is 1. The summed E-state index contributed by atoms with van der Waals surface area (Å²) in [6.45, 7) is 1.84. The van der Waals surface area contributed by atoms with E-state index in [0.717, 1.165) is 0 Å². The van der Waals surface area contributed by atoms with Gasteiger partial charge in [-0.15, -0.1) is 10.2 Å². The van der Waals surface area contributed by atoms with Crippen LogP contribution in [-0.4, -0.2) is 35.4 Å². The van der Waals surface area contributed by atoms with Gasteiger partial charge in [0.2, 0.25) is 5.91 Å². The largest absolute Gasteiger partial charge is 0.307 e. The molecule has 0 fully saturated rings. The highest BCUT2D eigenvalue weighted by Crippen LogP contribution is 2.18. The molecular formula is C15H13ClN8O. The minimum Gasteiger partial charge on any atom is -0.307 e. The molecule has 3 aromatic heterocycles. The Morgan fingerprint density at radius 3 is 2.92 bits per heavy atom. The second-order valence-electron chi connectivity index (χ2n) is 5.03. The zero-order chi connectivity index (χ0) is 17.8. The molecule has 1 amide bonds. The normalized spacial score (nSPS) is 11.7. The van der Waals surface area contributed by atoms with Crippen molar-refractivity contribution in [2.24, 2.45) is 0 Å². The van der Waals surface area contributed by atoms with Gasteiger partial charge in [-0.2, -0.15) is 5.26 Å². The number of nitrogens with zero attached hydrogens (tertiary/aromatic N) is 7. The molecule has 1 atom stereocenters. The zero-order valence-corrected chi connectivity index (χ0v) is 13.9. The van der Waals surface area contributed by atoms with Gasteiger partial charge in [-0.1, -0.05) is 18.5 Å². The molecule has 9 nitrogen and oxygen atoms in total. The van der Waals surface area contributed by atoms with Crippen molar-refractivity contribution in [1.29, 1.82) is 5.26 Å². The van der Waals surface area contributed by atoms with Crippen LogP contribution in [0.5, 0.6) is 0 Å². The average molecular weight is 357 g/mol. The van der Waals surface area contributed by atoms with Gasteiger partial charge in [-0.3, -0.25) is 4.79 Å². The van der Waals surface area contributed by atoms with Crippen LogP contribution in [0.1, 0.15) is 25.2 Å². The summed E-state index contributed by atoms with van der Waals surface area (Å²) in [5.74, 6) is 0.520. The van der Waals surface area contributed by atoms with E-state index >= 15 is 0 Å². The number of rotatable bonds is 5. The summed E-state index contributed by atoms with van der Waals surface area (Å²) in [7, 11) is 0. The molecule has 0 bridgehead atoms. The van der Waals surface area contributed by atoms with Crippen LogP contribution < -0.4 is 5.32 Å². The third-order valence-electron chi connectivity index (χ3n) is 3.41. The molecular weight excluding hydrogens is 344 g/mol. The molecule has 10 heteroatoms. The highest BCUT2D eigenvalue weighted by molar-refractivity contribution is 6.32. The lowest BCUT2D eigenvalue weighted by atomic mass is 10.2. The molecule has 25 heavy (non-hydrogen) atoms. The van der Waals surface area contributed by atoms with Crippen molar-refractivity contribution in [1.82, 2.24) is 29.5 Å². The summed E-state index contributed by atoms with van der Waals surface area (Å²) < 4.78 is 2.84. The fourth-order valence-corrected chi connectivity index (χ4v) is 2.44. The molecule has 0 saturated heterocycles. The lowest BCUT2D eigenvalue weighted by Gasteiger charge is -2.13. The molecule has 0 radical (unpaired) electrons. The second-order valence-corrected chi connectivity index (χ2v) is 5.43. The van der Waals surface area contributed by atoms with Crippen LogP contribution >= 0.6 is 11.6 Å². The van der Waals surface area contributed by atoms with Gasteiger partial charge in [0.1, 0.15) is 18.4 Å². The molecule has 126 valence electrons. The number of nitriles is 1. The number of nitrogens with one attached hydrogen (secondary N) is 1. The van der Waals surface area contributed by atoms with Crippen molar-refractivity contribution in [2.45, 2.75) is 19.4 Å². The standard InChI is InChI=1S/C15H13ClN8O/c1-2-11(24-9-19-13(8-17)22-24)15(25)20-12-5-7-23(21-12)14-10(16)4-3-6-18-14/h3-7,9,11H,2H2,1H3,(H,20,21,25). The first-order valence-corrected chi connectivity index (χ1v) is 7.79. The van der Waals surface area contributed by atoms with Crippen LogP contribution in [-0.2, 0) is 4.79 Å². The fourth-order valence-electron chi connectivity index (χ4n) is 2.23. The van der Waals surface area contributed by atoms with Gasteiger partial charge in [0.25, 0.3) is 5.82 Å². The van der Waals surface area contributed by atoms with Crippen LogP contribution in [0.3, 0.4) is 0 Å². The fraction of sp³-hybridized carbons (Fsp3) is 0.200. The molecule has 3 rings (SSSR count). The monoisotopic (exact) mass is 356 g/mol. The Bertz CT molecular complexity index is 941. The van der Waals surface area contributed by atoms with Crippen LogP contribution in [0.25, 0.3) is 5.82 Å². The summed E-state index contributed by atoms with van der Waals surface area (Å²) in [6, 6.07) is 6.29. The number of pyridine rings is 1. The van der Waals surface area contributed by atoms with Gasteiger partial charge in [-0.25, -0.2) is 19.3 Å². The van der Waals surface area contributed by atoms with E-state index in [1.807, 2.05) is 13.0 Å². The van der Waals surface area contributed by atoms with E-state index < -0.39 is 6.04 Å². The minimum absolute atomic E-state index is 0.0142. The van der Waals surface area contributed by atoms with E-state index in [-0.39, 0.29) is 11.7 Å². The van der Waals surface area contributed by atoms with E-state index in [1.54, 1.807) is 30.6 Å². The first-order valence-electron chi connectivity index (χ1n) is 7.41. The summed E-state index contributed by atoms with van der Waals surface area (Å²) >= 11 is 6.09. The number of aromatic nitrogens is 6. The van der Waals surface area contributed by atoms with Crippen LogP contribution in [0.4, 0.5) is 5.82 Å². The van der Waals surface area contributed by atoms with Crippen LogP contribution in [0, 0.1) is 11.3 Å². The van der Waals surface area contributed by atoms with Crippen molar-refractivity contribution in [3.05, 3.63) is 47.8 Å². The zero-order valence-electron chi connectivity index (χ0n) is 13.2. The van der Waals surface area contributed by atoms with E-state index in [0.29, 0.717) is 23.1 Å². The van der Waals surface area contributed by atoms with E-state index in [1.165, 1.54) is 15.7 Å². The molecule has 3 aromatic rings. The highest BCUT2D eigenvalue weighted by Gasteiger charge is 2.21.